The van der Waals surface area contributed by atoms with E-state index in [1.807, 2.05) is 24.3 Å². The van der Waals surface area contributed by atoms with Crippen LogP contribution < -0.4 is 15.9 Å². The van der Waals surface area contributed by atoms with Gasteiger partial charge in [0.05, 0.1) is 22.3 Å². The van der Waals surface area contributed by atoms with E-state index in [4.69, 9.17) is 5.11 Å². The van der Waals surface area contributed by atoms with Gasteiger partial charge >= 0.3 is 5.97 Å². The molecule has 2 N–H and O–H groups in total. The smallest absolute Gasteiger partial charge is 0.337 e. The summed E-state index contributed by atoms with van der Waals surface area (Å²) in [5, 5.41) is 14.1. The van der Waals surface area contributed by atoms with Gasteiger partial charge in [0.25, 0.3) is 0 Å². The zero-order valence-corrected chi connectivity index (χ0v) is 12.7. The molecule has 0 aliphatic carbocycles. The van der Waals surface area contributed by atoms with Crippen LogP contribution in [0.3, 0.4) is 0 Å². The molecule has 1 aromatic carbocycles. The number of benzene rings is 1. The van der Waals surface area contributed by atoms with Crippen molar-refractivity contribution in [1.82, 2.24) is 5.32 Å². The fourth-order valence-corrected chi connectivity index (χ4v) is 2.62. The van der Waals surface area contributed by atoms with E-state index in [1.165, 1.54) is 6.20 Å². The van der Waals surface area contributed by atoms with Crippen LogP contribution in [-0.2, 0) is 4.79 Å². The molecular weight excluding hydrogens is 314 g/mol. The number of fused-ring (bicyclic) bond motifs is 3. The molecule has 0 spiro atoms. The largest absolute Gasteiger partial charge is 0.478 e. The van der Waals surface area contributed by atoms with Crippen LogP contribution >= 0.6 is 12.4 Å². The average Bonchev–Trinajstić information content (AvgIpc) is 2.95. The van der Waals surface area contributed by atoms with Gasteiger partial charge in [0.2, 0.25) is 0 Å². The lowest BCUT2D eigenvalue weighted by molar-refractivity contribution is -0.132. The Hall–Kier alpha value is -2.92. The monoisotopic (exact) mass is 325 g/mol. The van der Waals surface area contributed by atoms with E-state index < -0.39 is 5.97 Å². The number of halogens is 1. The molecule has 3 heterocycles. The summed E-state index contributed by atoms with van der Waals surface area (Å²) in [5.74, 6) is -0.959. The third-order valence-electron chi connectivity index (χ3n) is 3.68. The van der Waals surface area contributed by atoms with E-state index in [0.717, 1.165) is 33.1 Å². The fraction of sp³-hybridized carbons (Fsp3) is 0. The molecule has 0 amide bonds. The van der Waals surface area contributed by atoms with Crippen molar-refractivity contribution in [1.29, 1.82) is 0 Å². The Bertz CT molecular complexity index is 982. The van der Waals surface area contributed by atoms with Crippen molar-refractivity contribution in [3.63, 3.8) is 0 Å². The maximum atomic E-state index is 11.1. The van der Waals surface area contributed by atoms with Crippen LogP contribution in [0.1, 0.15) is 5.56 Å². The lowest BCUT2D eigenvalue weighted by atomic mass is 10.0. The summed E-state index contributed by atoms with van der Waals surface area (Å²) in [4.78, 5) is 19.9. The molecule has 5 nitrogen and oxygen atoms in total. The van der Waals surface area contributed by atoms with Crippen LogP contribution in [0.4, 0.5) is 5.69 Å². The Morgan fingerprint density at radius 2 is 2.09 bits per heavy atom. The molecule has 0 radical (unpaired) electrons. The van der Waals surface area contributed by atoms with Gasteiger partial charge in [0.15, 0.2) is 0 Å². The maximum absolute atomic E-state index is 11.1. The second-order valence-corrected chi connectivity index (χ2v) is 5.03. The quantitative estimate of drug-likeness (QED) is 0.823. The molecule has 3 aliphatic heterocycles. The maximum Gasteiger partial charge on any atom is 0.337 e. The number of hydrogen-bond donors (Lipinski definition) is 2. The highest BCUT2D eigenvalue weighted by molar-refractivity contribution is 5.94. The number of allylic oxidation sites excluding steroid dienone is 1. The number of rotatable bonds is 1. The molecule has 0 bridgehead atoms. The first-order valence-corrected chi connectivity index (χ1v) is 6.78. The van der Waals surface area contributed by atoms with Gasteiger partial charge in [-0.05, 0) is 35.9 Å². The summed E-state index contributed by atoms with van der Waals surface area (Å²) in [5.41, 5.74) is 3.71. The molecule has 23 heavy (non-hydrogen) atoms. The Labute approximate surface area is 137 Å². The molecule has 114 valence electrons. The number of carboxylic acids is 1. The molecule has 0 aromatic heterocycles. The van der Waals surface area contributed by atoms with E-state index in [9.17, 15) is 4.79 Å². The van der Waals surface area contributed by atoms with E-state index in [0.29, 0.717) is 0 Å². The number of carbonyl (C=O) groups is 1. The average molecular weight is 326 g/mol. The topological polar surface area (TPSA) is 74.0 Å². The molecular formula is C17H12ClN3O2. The molecule has 0 unspecified atom stereocenters. The highest BCUT2D eigenvalue weighted by Crippen LogP contribution is 2.20. The number of aliphatic carboxylic acids is 1. The summed E-state index contributed by atoms with van der Waals surface area (Å²) in [6.07, 6.45) is 12.2. The first-order chi connectivity index (χ1) is 10.7. The van der Waals surface area contributed by atoms with Crippen molar-refractivity contribution in [2.75, 3.05) is 0 Å². The molecule has 6 heteroatoms. The lowest BCUT2D eigenvalue weighted by Gasteiger charge is -2.17. The van der Waals surface area contributed by atoms with Gasteiger partial charge in [-0.3, -0.25) is 9.98 Å². The third-order valence-corrected chi connectivity index (χ3v) is 3.68. The lowest BCUT2D eigenvalue weighted by Crippen LogP contribution is -2.24. The number of dihydropyridines is 1. The Morgan fingerprint density at radius 3 is 2.91 bits per heavy atom. The Kier molecular flexibility index (Phi) is 3.72. The van der Waals surface area contributed by atoms with E-state index in [2.05, 4.69) is 15.3 Å². The summed E-state index contributed by atoms with van der Waals surface area (Å²) in [7, 11) is 0. The van der Waals surface area contributed by atoms with Crippen molar-refractivity contribution < 1.29 is 9.90 Å². The molecule has 0 fully saturated rings. The normalized spacial score (nSPS) is 18.8. The molecule has 0 saturated carbocycles. The molecule has 0 saturated heterocycles. The summed E-state index contributed by atoms with van der Waals surface area (Å²) in [6, 6.07) is 3.95. The van der Waals surface area contributed by atoms with Crippen molar-refractivity contribution in [3.8, 4) is 0 Å². The van der Waals surface area contributed by atoms with Gasteiger partial charge in [0.1, 0.15) is 0 Å². The number of carboxylic acid groups (broad SMARTS) is 1. The van der Waals surface area contributed by atoms with Crippen LogP contribution in [0.15, 0.2) is 63.9 Å². The zero-order valence-electron chi connectivity index (χ0n) is 11.9. The number of aliphatic imine (C=N–C) groups is 1. The minimum Gasteiger partial charge on any atom is -0.478 e. The van der Waals surface area contributed by atoms with Crippen LogP contribution in [0.5, 0.6) is 0 Å². The predicted molar refractivity (Wildman–Crippen MR) is 91.1 cm³/mol. The third kappa shape index (κ3) is 2.51. The van der Waals surface area contributed by atoms with Crippen LogP contribution in [0.2, 0.25) is 0 Å². The van der Waals surface area contributed by atoms with Gasteiger partial charge in [-0.25, -0.2) is 4.79 Å². The Balaban J connectivity index is 0.00000156. The molecule has 4 rings (SSSR count). The van der Waals surface area contributed by atoms with Crippen LogP contribution in [0.25, 0.3) is 11.8 Å². The molecule has 0 atom stereocenters. The first-order valence-electron chi connectivity index (χ1n) is 6.78. The van der Waals surface area contributed by atoms with Crippen molar-refractivity contribution in [3.05, 3.63) is 70.0 Å². The fourth-order valence-electron chi connectivity index (χ4n) is 2.62. The SMILES string of the molecule is Cl.O=C(O)C1=CN/C2=c3\cc4c(cc3N=CC=CC2=C1)=NC=C4. The van der Waals surface area contributed by atoms with Crippen LogP contribution in [0, 0.1) is 0 Å². The van der Waals surface area contributed by atoms with Crippen molar-refractivity contribution in [2.24, 2.45) is 9.98 Å². The number of nitrogens with zero attached hydrogens (tertiary/aromatic N) is 2. The van der Waals surface area contributed by atoms with Crippen LogP contribution in [-0.4, -0.2) is 17.3 Å². The standard InChI is InChI=1S/C17H11N3O2.ClH/c21-17(22)12-6-11-2-1-4-18-15-8-14-10(3-5-19-14)7-13(15)16(11)20-9-12;/h1-9,20H,(H,21,22);1H/b2-1?,16-13+,18-4?;. The summed E-state index contributed by atoms with van der Waals surface area (Å²) in [6.45, 7) is 0. The van der Waals surface area contributed by atoms with E-state index in [-0.39, 0.29) is 18.0 Å². The van der Waals surface area contributed by atoms with Crippen molar-refractivity contribution in [2.45, 2.75) is 0 Å². The minimum absolute atomic E-state index is 0. The van der Waals surface area contributed by atoms with E-state index >= 15 is 0 Å². The van der Waals surface area contributed by atoms with Gasteiger partial charge in [0, 0.05) is 29.4 Å². The highest BCUT2D eigenvalue weighted by Gasteiger charge is 2.16. The van der Waals surface area contributed by atoms with Gasteiger partial charge in [-0.1, -0.05) is 6.08 Å². The highest BCUT2D eigenvalue weighted by atomic mass is 35.5. The van der Waals surface area contributed by atoms with Gasteiger partial charge in [-0.15, -0.1) is 12.4 Å². The Morgan fingerprint density at radius 1 is 1.22 bits per heavy atom. The minimum atomic E-state index is -0.959. The number of hydrogen-bond acceptors (Lipinski definition) is 4. The van der Waals surface area contributed by atoms with E-state index in [1.54, 1.807) is 24.6 Å². The molecule has 1 aromatic rings. The summed E-state index contributed by atoms with van der Waals surface area (Å²) < 4.78 is 0. The second-order valence-electron chi connectivity index (χ2n) is 5.03. The predicted octanol–water partition coefficient (Wildman–Crippen LogP) is 1.59. The van der Waals surface area contributed by atoms with Gasteiger partial charge < -0.3 is 10.4 Å². The first kappa shape index (κ1) is 15.0. The summed E-state index contributed by atoms with van der Waals surface area (Å²) >= 11 is 0. The second kappa shape index (κ2) is 5.70. The van der Waals surface area contributed by atoms with Crippen molar-refractivity contribution >= 4 is 42.1 Å². The molecule has 3 aliphatic rings. The number of nitrogens with one attached hydrogen (secondary N) is 1. The van der Waals surface area contributed by atoms with Gasteiger partial charge in [-0.2, -0.15) is 0 Å². The zero-order chi connectivity index (χ0) is 15.1.